The van der Waals surface area contributed by atoms with E-state index in [4.69, 9.17) is 5.73 Å². The molecule has 20 heavy (non-hydrogen) atoms. The molecule has 0 aromatic carbocycles. The molecule has 0 rings (SSSR count). The second-order valence-electron chi connectivity index (χ2n) is 5.17. The lowest BCUT2D eigenvalue weighted by atomic mass is 9.95. The molecule has 0 aliphatic carbocycles. The number of rotatable bonds is 9. The lowest BCUT2D eigenvalue weighted by Gasteiger charge is -2.21. The van der Waals surface area contributed by atoms with Gasteiger partial charge in [0.1, 0.15) is 0 Å². The quantitative estimate of drug-likeness (QED) is 0.505. The van der Waals surface area contributed by atoms with Crippen molar-refractivity contribution in [2.24, 2.45) is 16.6 Å². The highest BCUT2D eigenvalue weighted by atomic mass is 19.3. The van der Waals surface area contributed by atoms with Crippen LogP contribution in [0.2, 0.25) is 0 Å². The van der Waals surface area contributed by atoms with Crippen LogP contribution in [0.25, 0.3) is 0 Å². The van der Waals surface area contributed by atoms with Gasteiger partial charge in [-0.25, -0.2) is 8.78 Å². The zero-order valence-corrected chi connectivity index (χ0v) is 12.8. The topological polar surface area (TPSA) is 50.4 Å². The number of aliphatic imine (C=N–C) groups is 1. The smallest absolute Gasteiger partial charge is 0.257 e. The van der Waals surface area contributed by atoms with Crippen LogP contribution in [0.1, 0.15) is 33.6 Å². The molecule has 0 aliphatic heterocycles. The average Bonchev–Trinajstić information content (AvgIpc) is 2.38. The Morgan fingerprint density at radius 2 is 1.90 bits per heavy atom. The molecule has 0 radical (unpaired) electrons. The van der Waals surface area contributed by atoms with E-state index in [9.17, 15) is 8.78 Å². The zero-order chi connectivity index (χ0) is 15.5. The van der Waals surface area contributed by atoms with Crippen molar-refractivity contribution < 1.29 is 8.78 Å². The van der Waals surface area contributed by atoms with Crippen LogP contribution in [0.5, 0.6) is 0 Å². The minimum Gasteiger partial charge on any atom is -0.399 e. The minimum absolute atomic E-state index is 0.292. The first-order valence-electron chi connectivity index (χ1n) is 6.97. The Hall–Kier alpha value is -1.23. The summed E-state index contributed by atoms with van der Waals surface area (Å²) in [6, 6.07) is 0.596. The van der Waals surface area contributed by atoms with Gasteiger partial charge in [0.05, 0.1) is 0 Å². The molecule has 116 valence electrons. The van der Waals surface area contributed by atoms with Gasteiger partial charge in [-0.1, -0.05) is 13.0 Å². The molecule has 0 bridgehead atoms. The van der Waals surface area contributed by atoms with Gasteiger partial charge in [-0.3, -0.25) is 4.99 Å². The van der Waals surface area contributed by atoms with E-state index in [1.807, 2.05) is 27.1 Å². The van der Waals surface area contributed by atoms with Crippen molar-refractivity contribution in [2.75, 3.05) is 7.05 Å². The molecule has 0 fully saturated rings. The summed E-state index contributed by atoms with van der Waals surface area (Å²) >= 11 is 0. The molecule has 3 N–H and O–H groups in total. The Morgan fingerprint density at radius 3 is 2.40 bits per heavy atom. The molecule has 0 amide bonds. The molecule has 0 heterocycles. The van der Waals surface area contributed by atoms with Gasteiger partial charge in [0, 0.05) is 24.0 Å². The minimum atomic E-state index is -2.46. The third kappa shape index (κ3) is 9.67. The zero-order valence-electron chi connectivity index (χ0n) is 12.8. The van der Waals surface area contributed by atoms with Crippen LogP contribution in [0.4, 0.5) is 8.78 Å². The second kappa shape index (κ2) is 10.5. The molecule has 2 atom stereocenters. The molecular weight excluding hydrogens is 260 g/mol. The van der Waals surface area contributed by atoms with Gasteiger partial charge in [0.25, 0.3) is 6.43 Å². The van der Waals surface area contributed by atoms with Crippen molar-refractivity contribution in [3.05, 3.63) is 23.9 Å². The van der Waals surface area contributed by atoms with E-state index in [1.54, 1.807) is 6.08 Å². The Morgan fingerprint density at radius 1 is 1.25 bits per heavy atom. The maximum atomic E-state index is 12.0. The number of hydrogen-bond acceptors (Lipinski definition) is 3. The van der Waals surface area contributed by atoms with Gasteiger partial charge in [-0.05, 0) is 51.8 Å². The summed E-state index contributed by atoms with van der Waals surface area (Å²) in [4.78, 5) is 4.34. The van der Waals surface area contributed by atoms with Crippen LogP contribution in [-0.4, -0.2) is 31.8 Å². The standard InChI is InChI=1S/C15H27F2N3/c1-11(2)20-10-9-14(19-4)12(3)5-6-13(18)7-8-15(16)17/h6-8,10-12,14-15,19H,5,9,18H2,1-4H3/b8-7+,13-6+,20-10?/t12-,14?/m0/s1. The molecular formula is C15H27F2N3. The van der Waals surface area contributed by atoms with E-state index in [0.29, 0.717) is 23.7 Å². The average molecular weight is 287 g/mol. The van der Waals surface area contributed by atoms with E-state index in [2.05, 4.69) is 17.2 Å². The highest BCUT2D eigenvalue weighted by Gasteiger charge is 2.13. The molecule has 0 aromatic heterocycles. The first-order valence-corrected chi connectivity index (χ1v) is 6.97. The highest BCUT2D eigenvalue weighted by Crippen LogP contribution is 2.12. The van der Waals surface area contributed by atoms with Crippen molar-refractivity contribution in [2.45, 2.75) is 52.1 Å². The van der Waals surface area contributed by atoms with Crippen LogP contribution in [0, 0.1) is 5.92 Å². The molecule has 3 nitrogen and oxygen atoms in total. The Labute approximate surface area is 121 Å². The molecule has 0 aliphatic rings. The highest BCUT2D eigenvalue weighted by molar-refractivity contribution is 5.58. The maximum absolute atomic E-state index is 12.0. The molecule has 0 saturated carbocycles. The normalized spacial score (nSPS) is 16.7. The largest absolute Gasteiger partial charge is 0.399 e. The van der Waals surface area contributed by atoms with E-state index in [1.165, 1.54) is 6.08 Å². The predicted octanol–water partition coefficient (Wildman–Crippen LogP) is 3.13. The third-order valence-corrected chi connectivity index (χ3v) is 2.98. The fourth-order valence-corrected chi connectivity index (χ4v) is 1.76. The Kier molecular flexibility index (Phi) is 9.90. The number of alkyl halides is 2. The van der Waals surface area contributed by atoms with Crippen molar-refractivity contribution in [3.63, 3.8) is 0 Å². The van der Waals surface area contributed by atoms with Gasteiger partial charge < -0.3 is 11.1 Å². The molecule has 0 aromatic rings. The lowest BCUT2D eigenvalue weighted by Crippen LogP contribution is -2.32. The van der Waals surface area contributed by atoms with Gasteiger partial charge in [0.2, 0.25) is 0 Å². The summed E-state index contributed by atoms with van der Waals surface area (Å²) < 4.78 is 24.0. The fraction of sp³-hybridized carbons (Fsp3) is 0.667. The summed E-state index contributed by atoms with van der Waals surface area (Å²) in [5, 5.41) is 3.25. The number of nitrogens with zero attached hydrogens (tertiary/aromatic N) is 1. The number of halogens is 2. The van der Waals surface area contributed by atoms with E-state index >= 15 is 0 Å². The first kappa shape index (κ1) is 18.8. The van der Waals surface area contributed by atoms with Crippen LogP contribution < -0.4 is 11.1 Å². The predicted molar refractivity (Wildman–Crippen MR) is 82.3 cm³/mol. The van der Waals surface area contributed by atoms with Gasteiger partial charge in [0.15, 0.2) is 0 Å². The third-order valence-electron chi connectivity index (χ3n) is 2.98. The van der Waals surface area contributed by atoms with Crippen LogP contribution in [0.3, 0.4) is 0 Å². The number of nitrogens with two attached hydrogens (primary N) is 1. The SMILES string of the molecule is CNC(CC=NC(C)C)[C@@H](C)C/C=C(N)\C=C\C(F)F. The van der Waals surface area contributed by atoms with Gasteiger partial charge in [-0.15, -0.1) is 0 Å². The maximum Gasteiger partial charge on any atom is 0.257 e. The monoisotopic (exact) mass is 287 g/mol. The van der Waals surface area contributed by atoms with Gasteiger partial charge in [-0.2, -0.15) is 0 Å². The van der Waals surface area contributed by atoms with Crippen LogP contribution in [-0.2, 0) is 0 Å². The number of allylic oxidation sites excluding steroid dienone is 3. The molecule has 5 heteroatoms. The molecule has 1 unspecified atom stereocenters. The first-order chi connectivity index (χ1) is 9.36. The molecule has 0 saturated heterocycles. The van der Waals surface area contributed by atoms with E-state index < -0.39 is 6.43 Å². The summed E-state index contributed by atoms with van der Waals surface area (Å²) in [5.41, 5.74) is 6.02. The second-order valence-corrected chi connectivity index (χ2v) is 5.17. The summed E-state index contributed by atoms with van der Waals surface area (Å²) in [5.74, 6) is 0.345. The van der Waals surface area contributed by atoms with Crippen LogP contribution >= 0.6 is 0 Å². The number of nitrogens with one attached hydrogen (secondary N) is 1. The van der Waals surface area contributed by atoms with Crippen LogP contribution in [0.15, 0.2) is 28.9 Å². The summed E-state index contributed by atoms with van der Waals surface area (Å²) in [7, 11) is 1.91. The van der Waals surface area contributed by atoms with Crippen molar-refractivity contribution in [3.8, 4) is 0 Å². The van der Waals surface area contributed by atoms with Crippen molar-refractivity contribution in [1.29, 1.82) is 0 Å². The van der Waals surface area contributed by atoms with E-state index in [0.717, 1.165) is 18.9 Å². The van der Waals surface area contributed by atoms with Crippen molar-refractivity contribution in [1.82, 2.24) is 5.32 Å². The van der Waals surface area contributed by atoms with Gasteiger partial charge >= 0.3 is 0 Å². The Balaban J connectivity index is 4.34. The summed E-state index contributed by atoms with van der Waals surface area (Å²) in [6.07, 6.45) is 4.89. The van der Waals surface area contributed by atoms with Crippen molar-refractivity contribution >= 4 is 6.21 Å². The molecule has 0 spiro atoms. The fourth-order valence-electron chi connectivity index (χ4n) is 1.76. The summed E-state index contributed by atoms with van der Waals surface area (Å²) in [6.45, 7) is 6.17. The lowest BCUT2D eigenvalue weighted by molar-refractivity contribution is 0.204. The Bertz CT molecular complexity index is 336. The van der Waals surface area contributed by atoms with E-state index in [-0.39, 0.29) is 0 Å². The number of hydrogen-bond donors (Lipinski definition) is 2.